The van der Waals surface area contributed by atoms with E-state index in [2.05, 4.69) is 5.32 Å². The normalized spacial score (nSPS) is 10.0. The lowest BCUT2D eigenvalue weighted by Gasteiger charge is -2.05. The molecule has 0 aliphatic rings. The molecular formula is C11H8N2O4S. The van der Waals surface area contributed by atoms with Crippen LogP contribution in [0.15, 0.2) is 35.0 Å². The summed E-state index contributed by atoms with van der Waals surface area (Å²) < 4.78 is 0. The van der Waals surface area contributed by atoms with E-state index in [1.807, 2.05) is 5.38 Å². The summed E-state index contributed by atoms with van der Waals surface area (Å²) >= 11 is 1.45. The zero-order valence-electron chi connectivity index (χ0n) is 8.99. The largest absolute Gasteiger partial charge is 0.478 e. The number of thiophene rings is 1. The van der Waals surface area contributed by atoms with E-state index in [0.29, 0.717) is 0 Å². The Morgan fingerprint density at radius 3 is 2.72 bits per heavy atom. The summed E-state index contributed by atoms with van der Waals surface area (Å²) in [5.74, 6) is -1.19. The second kappa shape index (κ2) is 4.84. The molecule has 2 N–H and O–H groups in total. The third-order valence-electron chi connectivity index (χ3n) is 2.24. The number of nitrogens with zero attached hydrogens (tertiary/aromatic N) is 1. The van der Waals surface area contributed by atoms with Crippen LogP contribution in [-0.4, -0.2) is 16.0 Å². The van der Waals surface area contributed by atoms with Crippen molar-refractivity contribution in [1.29, 1.82) is 0 Å². The average molecular weight is 264 g/mol. The number of carbonyl (C=O) groups is 1. The van der Waals surface area contributed by atoms with Crippen LogP contribution in [0.4, 0.5) is 17.1 Å². The average Bonchev–Trinajstić information content (AvgIpc) is 2.81. The number of carboxylic acid groups (broad SMARTS) is 1. The van der Waals surface area contributed by atoms with Crippen molar-refractivity contribution in [1.82, 2.24) is 0 Å². The summed E-state index contributed by atoms with van der Waals surface area (Å²) in [6.45, 7) is 0. The molecule has 18 heavy (non-hydrogen) atoms. The fourth-order valence-electron chi connectivity index (χ4n) is 1.41. The number of hydrogen-bond donors (Lipinski definition) is 2. The second-order valence-electron chi connectivity index (χ2n) is 3.43. The van der Waals surface area contributed by atoms with Gasteiger partial charge in [-0.15, -0.1) is 0 Å². The van der Waals surface area contributed by atoms with Gasteiger partial charge < -0.3 is 10.4 Å². The van der Waals surface area contributed by atoms with Crippen LogP contribution in [0.2, 0.25) is 0 Å². The standard InChI is InChI=1S/C11H8N2O4S/c14-11(15)7-1-2-9(10(5-7)13(16)17)12-8-3-4-18-6-8/h1-6,12H,(H,14,15). The highest BCUT2D eigenvalue weighted by Gasteiger charge is 2.17. The van der Waals surface area contributed by atoms with E-state index >= 15 is 0 Å². The molecule has 1 aromatic heterocycles. The second-order valence-corrected chi connectivity index (χ2v) is 4.21. The fourth-order valence-corrected chi connectivity index (χ4v) is 2.00. The Labute approximate surface area is 106 Å². The molecule has 6 nitrogen and oxygen atoms in total. The van der Waals surface area contributed by atoms with Gasteiger partial charge in [0.15, 0.2) is 0 Å². The van der Waals surface area contributed by atoms with Gasteiger partial charge in [0.05, 0.1) is 10.5 Å². The van der Waals surface area contributed by atoms with Crippen molar-refractivity contribution in [3.05, 3.63) is 50.7 Å². The van der Waals surface area contributed by atoms with Gasteiger partial charge in [-0.3, -0.25) is 10.1 Å². The van der Waals surface area contributed by atoms with Gasteiger partial charge in [0, 0.05) is 17.1 Å². The summed E-state index contributed by atoms with van der Waals surface area (Å²) in [6.07, 6.45) is 0. The third kappa shape index (κ3) is 2.46. The first-order valence-electron chi connectivity index (χ1n) is 4.89. The number of anilines is 2. The Balaban J connectivity index is 2.40. The first kappa shape index (κ1) is 12.1. The highest BCUT2D eigenvalue weighted by molar-refractivity contribution is 7.08. The van der Waals surface area contributed by atoms with Crippen molar-refractivity contribution in [2.24, 2.45) is 0 Å². The molecule has 0 saturated heterocycles. The van der Waals surface area contributed by atoms with Gasteiger partial charge >= 0.3 is 5.97 Å². The van der Waals surface area contributed by atoms with E-state index in [-0.39, 0.29) is 16.9 Å². The Bertz CT molecular complexity index is 595. The number of rotatable bonds is 4. The highest BCUT2D eigenvalue weighted by atomic mass is 32.1. The van der Waals surface area contributed by atoms with E-state index in [0.717, 1.165) is 11.8 Å². The van der Waals surface area contributed by atoms with Crippen molar-refractivity contribution in [2.45, 2.75) is 0 Å². The van der Waals surface area contributed by atoms with Gasteiger partial charge in [-0.1, -0.05) is 0 Å². The van der Waals surface area contributed by atoms with Crippen LogP contribution in [0.3, 0.4) is 0 Å². The quantitative estimate of drug-likeness (QED) is 0.653. The van der Waals surface area contributed by atoms with Crippen LogP contribution < -0.4 is 5.32 Å². The molecule has 0 unspecified atom stereocenters. The monoisotopic (exact) mass is 264 g/mol. The molecule has 1 heterocycles. The molecule has 2 rings (SSSR count). The summed E-state index contributed by atoms with van der Waals surface area (Å²) in [6, 6.07) is 5.53. The van der Waals surface area contributed by atoms with Gasteiger partial charge in [0.1, 0.15) is 5.69 Å². The summed E-state index contributed by atoms with van der Waals surface area (Å²) in [4.78, 5) is 21.1. The molecule has 0 fully saturated rings. The third-order valence-corrected chi connectivity index (χ3v) is 2.92. The van der Waals surface area contributed by atoms with Gasteiger partial charge in [0.25, 0.3) is 5.69 Å². The SMILES string of the molecule is O=C(O)c1ccc(Nc2ccsc2)c([N+](=O)[O-])c1. The Hall–Kier alpha value is -2.41. The van der Waals surface area contributed by atoms with Crippen LogP contribution in [0, 0.1) is 10.1 Å². The van der Waals surface area contributed by atoms with Crippen molar-refractivity contribution in [2.75, 3.05) is 5.32 Å². The minimum atomic E-state index is -1.19. The fraction of sp³-hybridized carbons (Fsp3) is 0. The maximum atomic E-state index is 10.9. The van der Waals surface area contributed by atoms with Crippen LogP contribution in [0.1, 0.15) is 10.4 Å². The Morgan fingerprint density at radius 2 is 2.17 bits per heavy atom. The summed E-state index contributed by atoms with van der Waals surface area (Å²) in [5, 5.41) is 26.2. The first-order chi connectivity index (χ1) is 8.58. The summed E-state index contributed by atoms with van der Waals surface area (Å²) in [7, 11) is 0. The Kier molecular flexibility index (Phi) is 3.24. The molecular weight excluding hydrogens is 256 g/mol. The summed E-state index contributed by atoms with van der Waals surface area (Å²) in [5.41, 5.74) is 0.619. The maximum absolute atomic E-state index is 10.9. The topological polar surface area (TPSA) is 92.5 Å². The van der Waals surface area contributed by atoms with Gasteiger partial charge in [-0.05, 0) is 23.6 Å². The predicted molar refractivity (Wildman–Crippen MR) is 67.7 cm³/mol. The molecule has 0 atom stereocenters. The van der Waals surface area contributed by atoms with Gasteiger partial charge in [-0.25, -0.2) is 4.79 Å². The molecule has 0 amide bonds. The number of carboxylic acids is 1. The first-order valence-corrected chi connectivity index (χ1v) is 5.83. The van der Waals surface area contributed by atoms with Crippen molar-refractivity contribution in [3.63, 3.8) is 0 Å². The van der Waals surface area contributed by atoms with E-state index in [1.165, 1.54) is 23.5 Å². The van der Waals surface area contributed by atoms with Crippen molar-refractivity contribution in [3.8, 4) is 0 Å². The van der Waals surface area contributed by atoms with Crippen LogP contribution in [-0.2, 0) is 0 Å². The predicted octanol–water partition coefficient (Wildman–Crippen LogP) is 3.10. The molecule has 0 bridgehead atoms. The molecule has 0 aliphatic heterocycles. The Morgan fingerprint density at radius 1 is 1.39 bits per heavy atom. The lowest BCUT2D eigenvalue weighted by Crippen LogP contribution is -2.01. The van der Waals surface area contributed by atoms with E-state index < -0.39 is 10.9 Å². The maximum Gasteiger partial charge on any atom is 0.335 e. The molecule has 1 aromatic carbocycles. The zero-order chi connectivity index (χ0) is 13.1. The minimum absolute atomic E-state index is 0.113. The number of benzene rings is 1. The number of nitrogens with one attached hydrogen (secondary N) is 1. The molecule has 7 heteroatoms. The zero-order valence-corrected chi connectivity index (χ0v) is 9.81. The van der Waals surface area contributed by atoms with E-state index in [1.54, 1.807) is 11.4 Å². The molecule has 0 spiro atoms. The molecule has 0 radical (unpaired) electrons. The lowest BCUT2D eigenvalue weighted by molar-refractivity contribution is -0.383. The minimum Gasteiger partial charge on any atom is -0.478 e. The van der Waals surface area contributed by atoms with Gasteiger partial charge in [0.2, 0.25) is 0 Å². The van der Waals surface area contributed by atoms with Crippen LogP contribution in [0.25, 0.3) is 0 Å². The molecule has 92 valence electrons. The number of nitro groups is 1. The van der Waals surface area contributed by atoms with E-state index in [4.69, 9.17) is 5.11 Å². The smallest absolute Gasteiger partial charge is 0.335 e. The molecule has 0 aliphatic carbocycles. The number of aromatic carboxylic acids is 1. The molecule has 2 aromatic rings. The van der Waals surface area contributed by atoms with Crippen molar-refractivity contribution >= 4 is 34.4 Å². The number of nitro benzene ring substituents is 1. The van der Waals surface area contributed by atoms with Crippen LogP contribution in [0.5, 0.6) is 0 Å². The highest BCUT2D eigenvalue weighted by Crippen LogP contribution is 2.29. The van der Waals surface area contributed by atoms with Crippen molar-refractivity contribution < 1.29 is 14.8 Å². The number of hydrogen-bond acceptors (Lipinski definition) is 5. The van der Waals surface area contributed by atoms with E-state index in [9.17, 15) is 14.9 Å². The lowest BCUT2D eigenvalue weighted by atomic mass is 10.1. The van der Waals surface area contributed by atoms with Crippen LogP contribution >= 0.6 is 11.3 Å². The molecule has 0 saturated carbocycles. The van der Waals surface area contributed by atoms with Gasteiger partial charge in [-0.2, -0.15) is 11.3 Å².